The molecule has 1 fully saturated rings. The summed E-state index contributed by atoms with van der Waals surface area (Å²) in [7, 11) is -1.13. The quantitative estimate of drug-likeness (QED) is 0.814. The molecule has 0 aromatic heterocycles. The third kappa shape index (κ3) is 4.27. The minimum absolute atomic E-state index is 0.0578. The van der Waals surface area contributed by atoms with Crippen molar-refractivity contribution in [1.82, 2.24) is 4.31 Å². The first-order valence-corrected chi connectivity index (χ1v) is 8.66. The average molecular weight is 331 g/mol. The summed E-state index contributed by atoms with van der Waals surface area (Å²) in [5, 5.41) is 8.87. The molecule has 0 radical (unpaired) electrons. The van der Waals surface area contributed by atoms with Crippen LogP contribution in [0.1, 0.15) is 28.8 Å². The van der Waals surface area contributed by atoms with Crippen molar-refractivity contribution in [2.24, 2.45) is 0 Å². The smallest absolute Gasteiger partial charge is 0.335 e. The average Bonchev–Trinajstić information content (AvgIpc) is 2.55. The van der Waals surface area contributed by atoms with E-state index in [4.69, 9.17) is 5.11 Å². The first kappa shape index (κ1) is 17.4. The standard InChI is InChI=1S/C18H21NO3S/c1-3-6-15(4-2)17-7-5-12-19(23(17)22)13-14-8-10-16(11-9-14)18(20)21/h3-4,6,8-11,17H,1-2,5,7,12-13H2,(H,20,21)/b15-6+. The Balaban J connectivity index is 2.12. The molecule has 0 aliphatic carbocycles. The number of carboxylic acids is 1. The normalized spacial score (nSPS) is 22.5. The molecule has 0 spiro atoms. The Bertz CT molecular complexity index is 649. The van der Waals surface area contributed by atoms with E-state index in [0.717, 1.165) is 30.5 Å². The lowest BCUT2D eigenvalue weighted by molar-refractivity contribution is 0.0697. The molecule has 0 saturated carbocycles. The van der Waals surface area contributed by atoms with E-state index < -0.39 is 17.0 Å². The molecule has 4 nitrogen and oxygen atoms in total. The Morgan fingerprint density at radius 3 is 2.61 bits per heavy atom. The van der Waals surface area contributed by atoms with E-state index in [1.807, 2.05) is 10.4 Å². The fourth-order valence-electron chi connectivity index (χ4n) is 2.65. The highest BCUT2D eigenvalue weighted by molar-refractivity contribution is 7.83. The van der Waals surface area contributed by atoms with Crippen molar-refractivity contribution in [3.05, 3.63) is 72.4 Å². The Morgan fingerprint density at radius 1 is 1.35 bits per heavy atom. The Hall–Kier alpha value is -1.98. The van der Waals surface area contributed by atoms with Crippen LogP contribution in [0.15, 0.2) is 61.2 Å². The topological polar surface area (TPSA) is 57.6 Å². The number of carbonyl (C=O) groups is 1. The predicted octanol–water partition coefficient (Wildman–Crippen LogP) is 3.31. The van der Waals surface area contributed by atoms with Crippen molar-refractivity contribution in [1.29, 1.82) is 0 Å². The van der Waals surface area contributed by atoms with E-state index in [1.54, 1.807) is 36.4 Å². The number of nitrogens with zero attached hydrogens (tertiary/aromatic N) is 1. The molecule has 23 heavy (non-hydrogen) atoms. The van der Waals surface area contributed by atoms with Gasteiger partial charge in [0, 0.05) is 13.1 Å². The molecule has 122 valence electrons. The molecule has 0 amide bonds. The van der Waals surface area contributed by atoms with E-state index in [-0.39, 0.29) is 10.8 Å². The molecular formula is C18H21NO3S. The number of allylic oxidation sites excluding steroid dienone is 3. The molecule has 5 heteroatoms. The Kier molecular flexibility index (Phi) is 6.07. The second kappa shape index (κ2) is 8.04. The summed E-state index contributed by atoms with van der Waals surface area (Å²) in [5.74, 6) is -0.941. The van der Waals surface area contributed by atoms with Gasteiger partial charge in [-0.25, -0.2) is 13.3 Å². The summed E-state index contributed by atoms with van der Waals surface area (Å²) < 4.78 is 14.7. The van der Waals surface area contributed by atoms with Gasteiger partial charge in [-0.05, 0) is 36.1 Å². The third-order valence-electron chi connectivity index (χ3n) is 3.85. The van der Waals surface area contributed by atoms with E-state index >= 15 is 0 Å². The molecule has 1 aliphatic rings. The first-order chi connectivity index (χ1) is 11.1. The van der Waals surface area contributed by atoms with Crippen molar-refractivity contribution in [3.8, 4) is 0 Å². The fraction of sp³-hybridized carbons (Fsp3) is 0.278. The SMILES string of the molecule is C=C/C=C(\C=C)C1CCCN(Cc2ccc(C(=O)O)cc2)S1=O. The van der Waals surface area contributed by atoms with Gasteiger partial charge >= 0.3 is 5.97 Å². The number of carboxylic acid groups (broad SMARTS) is 1. The van der Waals surface area contributed by atoms with Crippen LogP contribution in [-0.2, 0) is 17.5 Å². The third-order valence-corrected chi connectivity index (χ3v) is 5.66. The highest BCUT2D eigenvalue weighted by Crippen LogP contribution is 2.26. The Labute approximate surface area is 139 Å². The second-order valence-corrected chi connectivity index (χ2v) is 7.02. The molecule has 2 unspecified atom stereocenters. The van der Waals surface area contributed by atoms with E-state index in [0.29, 0.717) is 6.54 Å². The molecule has 2 atom stereocenters. The number of benzene rings is 1. The molecule has 1 aromatic rings. The lowest BCUT2D eigenvalue weighted by Gasteiger charge is -2.32. The van der Waals surface area contributed by atoms with Gasteiger partial charge in [0.15, 0.2) is 0 Å². The summed E-state index contributed by atoms with van der Waals surface area (Å²) in [6.07, 6.45) is 7.13. The zero-order valence-electron chi connectivity index (χ0n) is 13.0. The Morgan fingerprint density at radius 2 is 2.04 bits per heavy atom. The molecule has 2 rings (SSSR count). The van der Waals surface area contributed by atoms with Crippen LogP contribution in [0, 0.1) is 0 Å². The van der Waals surface area contributed by atoms with Gasteiger partial charge in [-0.2, -0.15) is 0 Å². The molecule has 1 heterocycles. The first-order valence-electron chi connectivity index (χ1n) is 7.49. The zero-order chi connectivity index (χ0) is 16.8. The van der Waals surface area contributed by atoms with Crippen LogP contribution in [-0.4, -0.2) is 31.4 Å². The van der Waals surface area contributed by atoms with E-state index in [9.17, 15) is 9.00 Å². The van der Waals surface area contributed by atoms with Crippen molar-refractivity contribution >= 4 is 17.0 Å². The largest absolute Gasteiger partial charge is 0.478 e. The summed E-state index contributed by atoms with van der Waals surface area (Å²) in [6, 6.07) is 6.71. The van der Waals surface area contributed by atoms with Gasteiger partial charge < -0.3 is 5.11 Å². The van der Waals surface area contributed by atoms with Gasteiger partial charge in [-0.3, -0.25) is 0 Å². The predicted molar refractivity (Wildman–Crippen MR) is 93.5 cm³/mol. The monoisotopic (exact) mass is 331 g/mol. The molecule has 1 aromatic carbocycles. The van der Waals surface area contributed by atoms with Crippen molar-refractivity contribution in [2.45, 2.75) is 24.6 Å². The van der Waals surface area contributed by atoms with Gasteiger partial charge in [0.05, 0.1) is 10.8 Å². The summed E-state index contributed by atoms with van der Waals surface area (Å²) >= 11 is 0. The van der Waals surface area contributed by atoms with Gasteiger partial charge in [0.1, 0.15) is 11.0 Å². The second-order valence-electron chi connectivity index (χ2n) is 5.38. The highest BCUT2D eigenvalue weighted by Gasteiger charge is 2.29. The fourth-order valence-corrected chi connectivity index (χ4v) is 4.37. The zero-order valence-corrected chi connectivity index (χ0v) is 13.8. The van der Waals surface area contributed by atoms with Crippen molar-refractivity contribution in [3.63, 3.8) is 0 Å². The molecule has 1 aliphatic heterocycles. The van der Waals surface area contributed by atoms with Crippen LogP contribution in [0.5, 0.6) is 0 Å². The van der Waals surface area contributed by atoms with Gasteiger partial charge in [-0.1, -0.05) is 43.5 Å². The van der Waals surface area contributed by atoms with E-state index in [2.05, 4.69) is 13.2 Å². The number of rotatable bonds is 6. The summed E-state index contributed by atoms with van der Waals surface area (Å²) in [5.41, 5.74) is 2.16. The van der Waals surface area contributed by atoms with Crippen LogP contribution in [0.2, 0.25) is 0 Å². The number of hydrogen-bond acceptors (Lipinski definition) is 2. The minimum Gasteiger partial charge on any atom is -0.478 e. The number of hydrogen-bond donors (Lipinski definition) is 1. The van der Waals surface area contributed by atoms with Gasteiger partial charge in [0.25, 0.3) is 0 Å². The van der Waals surface area contributed by atoms with Crippen LogP contribution in [0.25, 0.3) is 0 Å². The van der Waals surface area contributed by atoms with Crippen LogP contribution in [0.3, 0.4) is 0 Å². The number of aromatic carboxylic acids is 1. The minimum atomic E-state index is -1.13. The lowest BCUT2D eigenvalue weighted by atomic mass is 10.1. The van der Waals surface area contributed by atoms with Crippen molar-refractivity contribution in [2.75, 3.05) is 6.54 Å². The van der Waals surface area contributed by atoms with Crippen LogP contribution in [0.4, 0.5) is 0 Å². The van der Waals surface area contributed by atoms with Crippen LogP contribution < -0.4 is 0 Å². The lowest BCUT2D eigenvalue weighted by Crippen LogP contribution is -2.39. The maximum atomic E-state index is 12.8. The molecule has 1 N–H and O–H groups in total. The van der Waals surface area contributed by atoms with Gasteiger partial charge in [-0.15, -0.1) is 0 Å². The summed E-state index contributed by atoms with van der Waals surface area (Å²) in [4.78, 5) is 10.9. The molecule has 0 bridgehead atoms. The van der Waals surface area contributed by atoms with E-state index in [1.165, 1.54) is 0 Å². The van der Waals surface area contributed by atoms with Gasteiger partial charge in [0.2, 0.25) is 0 Å². The highest BCUT2D eigenvalue weighted by atomic mass is 32.2. The maximum Gasteiger partial charge on any atom is 0.335 e. The summed E-state index contributed by atoms with van der Waals surface area (Å²) in [6.45, 7) is 8.80. The van der Waals surface area contributed by atoms with Crippen LogP contribution >= 0.6 is 0 Å². The van der Waals surface area contributed by atoms with Crippen molar-refractivity contribution < 1.29 is 14.1 Å². The maximum absolute atomic E-state index is 12.8. The molecule has 1 saturated heterocycles. The molecular weight excluding hydrogens is 310 g/mol.